The number of benzene rings is 1. The van der Waals surface area contributed by atoms with E-state index in [-0.39, 0.29) is 0 Å². The average molecular weight is 206 g/mol. The number of rotatable bonds is 4. The number of hydroxylamine groups is 2. The maximum absolute atomic E-state index is 5.28. The fraction of sp³-hybridized carbons (Fsp3) is 0.500. The van der Waals surface area contributed by atoms with E-state index in [0.29, 0.717) is 6.17 Å². The van der Waals surface area contributed by atoms with Crippen LogP contribution in [0.2, 0.25) is 0 Å². The van der Waals surface area contributed by atoms with Gasteiger partial charge >= 0.3 is 0 Å². The van der Waals surface area contributed by atoms with Gasteiger partial charge in [0.1, 0.15) is 0 Å². The molecule has 2 rings (SSSR count). The van der Waals surface area contributed by atoms with Crippen LogP contribution in [0.4, 0.5) is 0 Å². The third-order valence-electron chi connectivity index (χ3n) is 2.82. The lowest BCUT2D eigenvalue weighted by molar-refractivity contribution is -0.148. The minimum Gasteiger partial charge on any atom is -0.301 e. The van der Waals surface area contributed by atoms with E-state index in [9.17, 15) is 0 Å². The van der Waals surface area contributed by atoms with Crippen molar-refractivity contribution in [3.8, 4) is 0 Å². The number of hydrogen-bond acceptors (Lipinski definition) is 3. The zero-order valence-corrected chi connectivity index (χ0v) is 9.15. The van der Waals surface area contributed by atoms with Gasteiger partial charge in [0.2, 0.25) is 0 Å². The van der Waals surface area contributed by atoms with Crippen LogP contribution in [0.3, 0.4) is 0 Å². The second-order valence-corrected chi connectivity index (χ2v) is 3.85. The first-order valence-corrected chi connectivity index (χ1v) is 5.48. The number of hydrogen-bond donors (Lipinski definition) is 1. The topological polar surface area (TPSA) is 24.5 Å². The summed E-state index contributed by atoms with van der Waals surface area (Å²) in [5.41, 5.74) is 1.32. The maximum Gasteiger partial charge on any atom is 0.0846 e. The maximum atomic E-state index is 5.28. The molecule has 0 amide bonds. The van der Waals surface area contributed by atoms with Gasteiger partial charge in [-0.1, -0.05) is 30.3 Å². The van der Waals surface area contributed by atoms with E-state index in [0.717, 1.165) is 13.1 Å². The summed E-state index contributed by atoms with van der Waals surface area (Å²) in [5, 5.41) is 5.52. The van der Waals surface area contributed by atoms with Crippen molar-refractivity contribution in [1.29, 1.82) is 0 Å². The fourth-order valence-electron chi connectivity index (χ4n) is 1.99. The van der Waals surface area contributed by atoms with E-state index in [2.05, 4.69) is 29.6 Å². The lowest BCUT2D eigenvalue weighted by atomic mass is 10.2. The fourth-order valence-corrected chi connectivity index (χ4v) is 1.99. The summed E-state index contributed by atoms with van der Waals surface area (Å²) >= 11 is 0. The molecule has 1 aliphatic rings. The van der Waals surface area contributed by atoms with Crippen molar-refractivity contribution in [2.75, 3.05) is 13.7 Å². The van der Waals surface area contributed by atoms with Crippen molar-refractivity contribution in [2.24, 2.45) is 0 Å². The van der Waals surface area contributed by atoms with Crippen LogP contribution in [-0.4, -0.2) is 24.9 Å². The molecule has 0 saturated carbocycles. The summed E-state index contributed by atoms with van der Waals surface area (Å²) in [6.07, 6.45) is 2.75. The van der Waals surface area contributed by atoms with Crippen molar-refractivity contribution < 1.29 is 4.84 Å². The van der Waals surface area contributed by atoms with E-state index in [1.165, 1.54) is 18.4 Å². The first kappa shape index (κ1) is 10.6. The molecule has 0 aliphatic carbocycles. The monoisotopic (exact) mass is 206 g/mol. The molecule has 0 spiro atoms. The van der Waals surface area contributed by atoms with Crippen LogP contribution in [0.1, 0.15) is 18.4 Å². The van der Waals surface area contributed by atoms with Crippen molar-refractivity contribution in [2.45, 2.75) is 25.6 Å². The second kappa shape index (κ2) is 5.26. The first-order valence-electron chi connectivity index (χ1n) is 5.48. The second-order valence-electron chi connectivity index (χ2n) is 3.85. The van der Waals surface area contributed by atoms with Gasteiger partial charge in [0.05, 0.1) is 13.3 Å². The van der Waals surface area contributed by atoms with Gasteiger partial charge in [0.15, 0.2) is 0 Å². The summed E-state index contributed by atoms with van der Waals surface area (Å²) in [5.74, 6) is 0. The molecular weight excluding hydrogens is 188 g/mol. The SMILES string of the molecule is CON1CCCC1NCc1ccccc1. The normalized spacial score (nSPS) is 22.1. The van der Waals surface area contributed by atoms with Crippen molar-refractivity contribution >= 4 is 0 Å². The molecule has 1 saturated heterocycles. The summed E-state index contributed by atoms with van der Waals surface area (Å²) in [7, 11) is 1.74. The summed E-state index contributed by atoms with van der Waals surface area (Å²) in [4.78, 5) is 5.28. The predicted octanol–water partition coefficient (Wildman–Crippen LogP) is 1.76. The highest BCUT2D eigenvalue weighted by Crippen LogP contribution is 2.14. The Morgan fingerprint density at radius 3 is 2.93 bits per heavy atom. The summed E-state index contributed by atoms with van der Waals surface area (Å²) in [6.45, 7) is 1.94. The van der Waals surface area contributed by atoms with Crippen LogP contribution in [-0.2, 0) is 11.4 Å². The van der Waals surface area contributed by atoms with Gasteiger partial charge in [-0.05, 0) is 18.4 Å². The van der Waals surface area contributed by atoms with Gasteiger partial charge in [0, 0.05) is 13.1 Å². The highest BCUT2D eigenvalue weighted by molar-refractivity contribution is 5.14. The van der Waals surface area contributed by atoms with E-state index in [4.69, 9.17) is 4.84 Å². The predicted molar refractivity (Wildman–Crippen MR) is 60.0 cm³/mol. The molecule has 82 valence electrons. The Labute approximate surface area is 91.0 Å². The zero-order valence-electron chi connectivity index (χ0n) is 9.15. The highest BCUT2D eigenvalue weighted by Gasteiger charge is 2.23. The Morgan fingerprint density at radius 1 is 1.40 bits per heavy atom. The third kappa shape index (κ3) is 2.78. The molecular formula is C12H18N2O. The van der Waals surface area contributed by atoms with E-state index in [1.807, 2.05) is 11.1 Å². The van der Waals surface area contributed by atoms with Crippen molar-refractivity contribution in [3.05, 3.63) is 35.9 Å². The minimum absolute atomic E-state index is 0.371. The largest absolute Gasteiger partial charge is 0.301 e. The van der Waals surface area contributed by atoms with Crippen LogP contribution < -0.4 is 5.32 Å². The molecule has 0 bridgehead atoms. The molecule has 3 heteroatoms. The Balaban J connectivity index is 1.83. The highest BCUT2D eigenvalue weighted by atomic mass is 16.7. The summed E-state index contributed by atoms with van der Waals surface area (Å²) < 4.78 is 0. The lowest BCUT2D eigenvalue weighted by Crippen LogP contribution is -2.40. The molecule has 15 heavy (non-hydrogen) atoms. The molecule has 3 nitrogen and oxygen atoms in total. The van der Waals surface area contributed by atoms with Gasteiger partial charge in [0.25, 0.3) is 0 Å². The lowest BCUT2D eigenvalue weighted by Gasteiger charge is -2.22. The van der Waals surface area contributed by atoms with Gasteiger partial charge in [-0.3, -0.25) is 5.32 Å². The minimum atomic E-state index is 0.371. The van der Waals surface area contributed by atoms with Gasteiger partial charge in [-0.2, -0.15) is 5.06 Å². The van der Waals surface area contributed by atoms with Crippen LogP contribution in [0.5, 0.6) is 0 Å². The van der Waals surface area contributed by atoms with Gasteiger partial charge < -0.3 is 4.84 Å². The molecule has 1 unspecified atom stereocenters. The molecule has 1 aromatic rings. The quantitative estimate of drug-likeness (QED) is 0.812. The zero-order chi connectivity index (χ0) is 10.5. The Bertz CT molecular complexity index is 289. The average Bonchev–Trinajstić information content (AvgIpc) is 2.75. The number of nitrogens with one attached hydrogen (secondary N) is 1. The van der Waals surface area contributed by atoms with E-state index >= 15 is 0 Å². The van der Waals surface area contributed by atoms with Crippen LogP contribution >= 0.6 is 0 Å². The van der Waals surface area contributed by atoms with E-state index in [1.54, 1.807) is 7.11 Å². The molecule has 0 radical (unpaired) electrons. The van der Waals surface area contributed by atoms with Gasteiger partial charge in [-0.15, -0.1) is 0 Å². The van der Waals surface area contributed by atoms with Crippen LogP contribution in [0.15, 0.2) is 30.3 Å². The molecule has 0 aromatic heterocycles. The number of nitrogens with zero attached hydrogens (tertiary/aromatic N) is 1. The van der Waals surface area contributed by atoms with Gasteiger partial charge in [-0.25, -0.2) is 0 Å². The molecule has 1 aliphatic heterocycles. The smallest absolute Gasteiger partial charge is 0.0846 e. The van der Waals surface area contributed by atoms with Crippen molar-refractivity contribution in [3.63, 3.8) is 0 Å². The summed E-state index contributed by atoms with van der Waals surface area (Å²) in [6, 6.07) is 10.5. The van der Waals surface area contributed by atoms with Crippen LogP contribution in [0.25, 0.3) is 0 Å². The Hall–Kier alpha value is -0.900. The van der Waals surface area contributed by atoms with Crippen molar-refractivity contribution in [1.82, 2.24) is 10.4 Å². The molecule has 1 atom stereocenters. The molecule has 1 fully saturated rings. The first-order chi connectivity index (χ1) is 7.40. The Kier molecular flexibility index (Phi) is 3.72. The standard InChI is InChI=1S/C12H18N2O/c1-15-14-9-5-8-12(14)13-10-11-6-3-2-4-7-11/h2-4,6-7,12-13H,5,8-10H2,1H3. The van der Waals surface area contributed by atoms with E-state index < -0.39 is 0 Å². The Morgan fingerprint density at radius 2 is 2.20 bits per heavy atom. The van der Waals surface area contributed by atoms with Crippen LogP contribution in [0, 0.1) is 0 Å². The molecule has 1 heterocycles. The third-order valence-corrected chi connectivity index (χ3v) is 2.82. The molecule has 1 N–H and O–H groups in total. The molecule has 1 aromatic carbocycles.